The van der Waals surface area contributed by atoms with Crippen molar-refractivity contribution >= 4 is 23.1 Å². The second-order valence-electron chi connectivity index (χ2n) is 5.41. The van der Waals surface area contributed by atoms with Crippen LogP contribution in [0, 0.1) is 25.7 Å². The van der Waals surface area contributed by atoms with Crippen LogP contribution >= 0.6 is 0 Å². The van der Waals surface area contributed by atoms with Crippen LogP contribution in [0.2, 0.25) is 0 Å². The van der Waals surface area contributed by atoms with Gasteiger partial charge in [0, 0.05) is 0 Å². The van der Waals surface area contributed by atoms with E-state index in [-0.39, 0.29) is 23.1 Å². The summed E-state index contributed by atoms with van der Waals surface area (Å²) >= 11 is 0. The van der Waals surface area contributed by atoms with E-state index in [0.717, 1.165) is 24.7 Å². The summed E-state index contributed by atoms with van der Waals surface area (Å²) in [6.45, 7) is 16.8. The molecule has 0 saturated carbocycles. The fourth-order valence-electron chi connectivity index (χ4n) is 2.09. The standard InChI is InChI=1S/2C9H19.Mg/c2*1-4-7-8-9(5-2)6-3;/h2*9H,2,4-8H2,1,3H3;/q2*-1;+2. The monoisotopic (exact) mass is 278 g/mol. The normalized spacial score (nSPS) is 12.9. The number of hydrogen-bond acceptors (Lipinski definition) is 0. The van der Waals surface area contributed by atoms with Gasteiger partial charge < -0.3 is 13.8 Å². The van der Waals surface area contributed by atoms with Gasteiger partial charge >= 0.3 is 23.1 Å². The first-order valence-electron chi connectivity index (χ1n) is 8.28. The Morgan fingerprint density at radius 1 is 0.684 bits per heavy atom. The van der Waals surface area contributed by atoms with Gasteiger partial charge in [-0.05, 0) is 0 Å². The molecule has 0 aliphatic heterocycles. The zero-order chi connectivity index (χ0) is 14.2. The molecule has 2 atom stereocenters. The maximum Gasteiger partial charge on any atom is 2.00 e. The molecule has 112 valence electrons. The predicted octanol–water partition coefficient (Wildman–Crippen LogP) is 6.47. The van der Waals surface area contributed by atoms with E-state index >= 15 is 0 Å². The molecule has 0 rings (SSSR count). The summed E-state index contributed by atoms with van der Waals surface area (Å²) in [5.74, 6) is 1.79. The maximum atomic E-state index is 3.91. The molecule has 0 aromatic heterocycles. The molecule has 0 bridgehead atoms. The largest absolute Gasteiger partial charge is 2.00 e. The molecule has 0 heterocycles. The molecule has 0 saturated heterocycles. The van der Waals surface area contributed by atoms with Crippen molar-refractivity contribution in [1.29, 1.82) is 0 Å². The molecule has 0 aromatic carbocycles. The van der Waals surface area contributed by atoms with Gasteiger partial charge in [-0.2, -0.15) is 12.8 Å². The Morgan fingerprint density at radius 3 is 1.16 bits per heavy atom. The van der Waals surface area contributed by atoms with Crippen molar-refractivity contribution in [3.63, 3.8) is 0 Å². The van der Waals surface area contributed by atoms with E-state index in [4.69, 9.17) is 0 Å². The predicted molar refractivity (Wildman–Crippen MR) is 92.3 cm³/mol. The minimum Gasteiger partial charge on any atom is -0.343 e. The first kappa shape index (κ1) is 24.8. The Balaban J connectivity index is -0.000000256. The van der Waals surface area contributed by atoms with Crippen LogP contribution in [-0.2, 0) is 0 Å². The Labute approximate surface area is 140 Å². The van der Waals surface area contributed by atoms with Gasteiger partial charge in [-0.1, -0.05) is 90.9 Å². The third-order valence-corrected chi connectivity index (χ3v) is 3.90. The molecule has 19 heavy (non-hydrogen) atoms. The number of unbranched alkanes of at least 4 members (excludes halogenated alkanes) is 2. The van der Waals surface area contributed by atoms with E-state index in [1.165, 1.54) is 51.4 Å². The fourth-order valence-corrected chi connectivity index (χ4v) is 2.09. The van der Waals surface area contributed by atoms with Crippen molar-refractivity contribution in [2.75, 3.05) is 0 Å². The zero-order valence-corrected chi connectivity index (χ0v) is 15.8. The molecule has 0 N–H and O–H groups in total. The molecule has 0 radical (unpaired) electrons. The topological polar surface area (TPSA) is 0 Å². The van der Waals surface area contributed by atoms with Gasteiger partial charge in [0.15, 0.2) is 0 Å². The number of hydrogen-bond donors (Lipinski definition) is 0. The molecule has 0 amide bonds. The van der Waals surface area contributed by atoms with Gasteiger partial charge in [-0.25, -0.2) is 0 Å². The second-order valence-corrected chi connectivity index (χ2v) is 5.41. The summed E-state index contributed by atoms with van der Waals surface area (Å²) in [7, 11) is 0. The van der Waals surface area contributed by atoms with Crippen LogP contribution in [0.15, 0.2) is 0 Å². The average Bonchev–Trinajstić information content (AvgIpc) is 2.42. The minimum absolute atomic E-state index is 0. The van der Waals surface area contributed by atoms with Gasteiger partial charge in [0.05, 0.1) is 0 Å². The summed E-state index contributed by atoms with van der Waals surface area (Å²) in [6.07, 6.45) is 13.1. The molecular weight excluding hydrogens is 241 g/mol. The van der Waals surface area contributed by atoms with E-state index in [2.05, 4.69) is 41.5 Å². The average molecular weight is 279 g/mol. The van der Waals surface area contributed by atoms with E-state index in [1.807, 2.05) is 0 Å². The maximum absolute atomic E-state index is 3.91. The van der Waals surface area contributed by atoms with Crippen LogP contribution in [-0.4, -0.2) is 23.1 Å². The SMILES string of the molecule is [CH2-]CC(CC)CCCC.[CH2-]CC(CC)CCCC.[Mg+2]. The summed E-state index contributed by atoms with van der Waals surface area (Å²) in [5, 5.41) is 0. The van der Waals surface area contributed by atoms with Crippen LogP contribution in [0.5, 0.6) is 0 Å². The van der Waals surface area contributed by atoms with E-state index in [0.29, 0.717) is 0 Å². The quantitative estimate of drug-likeness (QED) is 0.317. The first-order valence-corrected chi connectivity index (χ1v) is 8.28. The summed E-state index contributed by atoms with van der Waals surface area (Å²) in [4.78, 5) is 0. The Bertz CT molecular complexity index is 110. The molecular formula is C18H38Mg. The molecule has 2 unspecified atom stereocenters. The summed E-state index contributed by atoms with van der Waals surface area (Å²) in [6, 6.07) is 0. The van der Waals surface area contributed by atoms with Crippen LogP contribution in [0.1, 0.15) is 91.9 Å². The minimum atomic E-state index is 0. The Kier molecular flexibility index (Phi) is 27.5. The van der Waals surface area contributed by atoms with Crippen LogP contribution < -0.4 is 0 Å². The van der Waals surface area contributed by atoms with Crippen molar-refractivity contribution in [2.45, 2.75) is 91.9 Å². The van der Waals surface area contributed by atoms with Crippen LogP contribution in [0.25, 0.3) is 0 Å². The molecule has 0 aliphatic carbocycles. The second kappa shape index (κ2) is 21.1. The molecule has 0 aliphatic rings. The van der Waals surface area contributed by atoms with Crippen molar-refractivity contribution in [3.8, 4) is 0 Å². The number of rotatable bonds is 10. The van der Waals surface area contributed by atoms with E-state index in [1.54, 1.807) is 0 Å². The van der Waals surface area contributed by atoms with Crippen LogP contribution in [0.3, 0.4) is 0 Å². The molecule has 0 nitrogen and oxygen atoms in total. The van der Waals surface area contributed by atoms with Crippen molar-refractivity contribution in [2.24, 2.45) is 11.8 Å². The fraction of sp³-hybridized carbons (Fsp3) is 0.889. The third-order valence-electron chi connectivity index (χ3n) is 3.90. The Hall–Kier alpha value is 0.766. The van der Waals surface area contributed by atoms with E-state index in [9.17, 15) is 0 Å². The Morgan fingerprint density at radius 2 is 1.00 bits per heavy atom. The summed E-state index contributed by atoms with van der Waals surface area (Å²) < 4.78 is 0. The van der Waals surface area contributed by atoms with Crippen molar-refractivity contribution < 1.29 is 0 Å². The molecule has 0 fully saturated rings. The molecule has 0 spiro atoms. The molecule has 0 aromatic rings. The van der Waals surface area contributed by atoms with Gasteiger partial charge in [0.25, 0.3) is 0 Å². The van der Waals surface area contributed by atoms with Crippen molar-refractivity contribution in [3.05, 3.63) is 13.8 Å². The van der Waals surface area contributed by atoms with Gasteiger partial charge in [-0.15, -0.1) is 0 Å². The molecule has 1 heteroatoms. The van der Waals surface area contributed by atoms with Crippen LogP contribution in [0.4, 0.5) is 0 Å². The van der Waals surface area contributed by atoms with E-state index < -0.39 is 0 Å². The van der Waals surface area contributed by atoms with Crippen molar-refractivity contribution in [1.82, 2.24) is 0 Å². The van der Waals surface area contributed by atoms with Gasteiger partial charge in [-0.3, -0.25) is 0 Å². The summed E-state index contributed by atoms with van der Waals surface area (Å²) in [5.41, 5.74) is 0. The van der Waals surface area contributed by atoms with Gasteiger partial charge in [0.2, 0.25) is 0 Å². The third kappa shape index (κ3) is 18.8. The zero-order valence-electron chi connectivity index (χ0n) is 14.3. The smallest absolute Gasteiger partial charge is 0.343 e. The first-order chi connectivity index (χ1) is 8.69. The van der Waals surface area contributed by atoms with Gasteiger partial charge in [0.1, 0.15) is 0 Å².